The van der Waals surface area contributed by atoms with Crippen LogP contribution in [0, 0.1) is 5.92 Å². The van der Waals surface area contributed by atoms with E-state index in [2.05, 4.69) is 26.1 Å². The highest BCUT2D eigenvalue weighted by molar-refractivity contribution is 6.31. The van der Waals surface area contributed by atoms with E-state index >= 15 is 0 Å². The summed E-state index contributed by atoms with van der Waals surface area (Å²) in [5.41, 5.74) is 6.78. The van der Waals surface area contributed by atoms with Gasteiger partial charge in [-0.1, -0.05) is 25.4 Å². The van der Waals surface area contributed by atoms with Gasteiger partial charge in [0, 0.05) is 23.7 Å². The van der Waals surface area contributed by atoms with Crippen molar-refractivity contribution in [2.75, 3.05) is 13.7 Å². The molecule has 1 atom stereocenters. The Morgan fingerprint density at radius 2 is 2.05 bits per heavy atom. The van der Waals surface area contributed by atoms with E-state index < -0.39 is 0 Å². The number of methoxy groups -OCH3 is 1. The first-order valence-electron chi connectivity index (χ1n) is 6.20. The maximum atomic E-state index is 6.18. The van der Waals surface area contributed by atoms with E-state index in [4.69, 9.17) is 22.1 Å². The maximum Gasteiger partial charge on any atom is 0.119 e. The molecule has 5 heteroatoms. The normalized spacial score (nSPS) is 13.8. The van der Waals surface area contributed by atoms with Crippen LogP contribution < -0.4 is 15.8 Å². The minimum atomic E-state index is -0.0909. The molecule has 0 aromatic heterocycles. The molecule has 3 nitrogen and oxygen atoms in total. The van der Waals surface area contributed by atoms with Gasteiger partial charge in [0.2, 0.25) is 0 Å². The standard InChI is InChI=1S/C14H23ClN2O.ClH/c1-10(2)14(3,9-16)17-8-11-7-12(18-4)5-6-13(11)15;/h5-7,10,17H,8-9,16H2,1-4H3;1H. The van der Waals surface area contributed by atoms with Gasteiger partial charge < -0.3 is 15.8 Å². The van der Waals surface area contributed by atoms with Crippen molar-refractivity contribution < 1.29 is 4.74 Å². The Bertz CT molecular complexity index is 399. The second-order valence-electron chi connectivity index (χ2n) is 5.09. The lowest BCUT2D eigenvalue weighted by Gasteiger charge is -2.34. The molecule has 19 heavy (non-hydrogen) atoms. The van der Waals surface area contributed by atoms with Crippen LogP contribution in [0.3, 0.4) is 0 Å². The first kappa shape index (κ1) is 18.5. The Hall–Kier alpha value is -0.480. The third-order valence-corrected chi connectivity index (χ3v) is 4.00. The van der Waals surface area contributed by atoms with E-state index in [0.29, 0.717) is 19.0 Å². The quantitative estimate of drug-likeness (QED) is 0.848. The predicted octanol–water partition coefficient (Wildman–Crippen LogP) is 3.23. The predicted molar refractivity (Wildman–Crippen MR) is 84.4 cm³/mol. The molecule has 110 valence electrons. The van der Waals surface area contributed by atoms with Crippen LogP contribution in [0.2, 0.25) is 5.02 Å². The monoisotopic (exact) mass is 306 g/mol. The molecule has 3 N–H and O–H groups in total. The molecule has 0 amide bonds. The van der Waals surface area contributed by atoms with Crippen molar-refractivity contribution in [2.45, 2.75) is 32.9 Å². The van der Waals surface area contributed by atoms with Crippen molar-refractivity contribution in [1.82, 2.24) is 5.32 Å². The minimum absolute atomic E-state index is 0. The molecule has 0 aliphatic carbocycles. The van der Waals surface area contributed by atoms with Gasteiger partial charge in [-0.2, -0.15) is 0 Å². The summed E-state index contributed by atoms with van der Waals surface area (Å²) in [7, 11) is 1.65. The highest BCUT2D eigenvalue weighted by Gasteiger charge is 2.25. The second-order valence-corrected chi connectivity index (χ2v) is 5.49. The maximum absolute atomic E-state index is 6.18. The Morgan fingerprint density at radius 3 is 2.53 bits per heavy atom. The van der Waals surface area contributed by atoms with Gasteiger partial charge in [-0.25, -0.2) is 0 Å². The molecule has 0 bridgehead atoms. The largest absolute Gasteiger partial charge is 0.497 e. The van der Waals surface area contributed by atoms with Gasteiger partial charge in [0.1, 0.15) is 5.75 Å². The van der Waals surface area contributed by atoms with Crippen LogP contribution in [0.25, 0.3) is 0 Å². The van der Waals surface area contributed by atoms with E-state index in [1.165, 1.54) is 0 Å². The molecule has 0 aliphatic rings. The Labute approximate surface area is 127 Å². The minimum Gasteiger partial charge on any atom is -0.497 e. The number of rotatable bonds is 6. The summed E-state index contributed by atoms with van der Waals surface area (Å²) in [5, 5.41) is 4.23. The molecular weight excluding hydrogens is 283 g/mol. The molecule has 0 saturated heterocycles. The van der Waals surface area contributed by atoms with Crippen LogP contribution in [0.5, 0.6) is 5.75 Å². The highest BCUT2D eigenvalue weighted by Crippen LogP contribution is 2.23. The summed E-state index contributed by atoms with van der Waals surface area (Å²) in [4.78, 5) is 0. The number of nitrogens with two attached hydrogens (primary N) is 1. The molecule has 0 fully saturated rings. The molecule has 0 aliphatic heterocycles. The first-order valence-corrected chi connectivity index (χ1v) is 6.58. The van der Waals surface area contributed by atoms with Gasteiger partial charge >= 0.3 is 0 Å². The second kappa shape index (κ2) is 7.95. The van der Waals surface area contributed by atoms with Gasteiger partial charge in [0.05, 0.1) is 7.11 Å². The van der Waals surface area contributed by atoms with Gasteiger partial charge in [-0.3, -0.25) is 0 Å². The van der Waals surface area contributed by atoms with Crippen LogP contribution in [0.15, 0.2) is 18.2 Å². The zero-order valence-electron chi connectivity index (χ0n) is 12.0. The van der Waals surface area contributed by atoms with Gasteiger partial charge in [-0.15, -0.1) is 12.4 Å². The zero-order chi connectivity index (χ0) is 13.8. The lowest BCUT2D eigenvalue weighted by molar-refractivity contribution is 0.267. The molecule has 1 aromatic carbocycles. The molecule has 0 saturated carbocycles. The van der Waals surface area contributed by atoms with Crippen LogP contribution in [0.4, 0.5) is 0 Å². The van der Waals surface area contributed by atoms with E-state index in [-0.39, 0.29) is 17.9 Å². The Balaban J connectivity index is 0.00000324. The number of benzene rings is 1. The van der Waals surface area contributed by atoms with Crippen molar-refractivity contribution in [3.05, 3.63) is 28.8 Å². The summed E-state index contributed by atoms with van der Waals surface area (Å²) in [5.74, 6) is 1.27. The number of hydrogen-bond donors (Lipinski definition) is 2. The average Bonchev–Trinajstić information content (AvgIpc) is 2.37. The lowest BCUT2D eigenvalue weighted by Crippen LogP contribution is -2.52. The van der Waals surface area contributed by atoms with Gasteiger partial charge in [-0.05, 0) is 36.6 Å². The summed E-state index contributed by atoms with van der Waals surface area (Å²) < 4.78 is 5.20. The van der Waals surface area contributed by atoms with Crippen molar-refractivity contribution in [3.63, 3.8) is 0 Å². The van der Waals surface area contributed by atoms with Crippen molar-refractivity contribution in [1.29, 1.82) is 0 Å². The number of hydrogen-bond acceptors (Lipinski definition) is 3. The third kappa shape index (κ3) is 4.84. The molecule has 1 rings (SSSR count). The topological polar surface area (TPSA) is 47.3 Å². The Morgan fingerprint density at radius 1 is 1.42 bits per heavy atom. The fourth-order valence-corrected chi connectivity index (χ4v) is 1.81. The van der Waals surface area contributed by atoms with E-state index in [0.717, 1.165) is 16.3 Å². The highest BCUT2D eigenvalue weighted by atomic mass is 35.5. The smallest absolute Gasteiger partial charge is 0.119 e. The van der Waals surface area contributed by atoms with Crippen molar-refractivity contribution >= 4 is 24.0 Å². The zero-order valence-corrected chi connectivity index (χ0v) is 13.6. The lowest BCUT2D eigenvalue weighted by atomic mass is 9.88. The third-order valence-electron chi connectivity index (χ3n) is 3.63. The van der Waals surface area contributed by atoms with Crippen molar-refractivity contribution in [2.24, 2.45) is 11.7 Å². The number of ether oxygens (including phenoxy) is 1. The van der Waals surface area contributed by atoms with Crippen molar-refractivity contribution in [3.8, 4) is 5.75 Å². The number of halogens is 2. The van der Waals surface area contributed by atoms with E-state index in [1.54, 1.807) is 7.11 Å². The molecular formula is C14H24Cl2N2O. The fraction of sp³-hybridized carbons (Fsp3) is 0.571. The Kier molecular flexibility index (Phi) is 7.75. The molecule has 0 radical (unpaired) electrons. The molecule has 1 aromatic rings. The molecule has 0 heterocycles. The first-order chi connectivity index (χ1) is 8.42. The summed E-state index contributed by atoms with van der Waals surface area (Å²) in [6.45, 7) is 7.72. The summed E-state index contributed by atoms with van der Waals surface area (Å²) in [6, 6.07) is 5.66. The summed E-state index contributed by atoms with van der Waals surface area (Å²) >= 11 is 6.18. The summed E-state index contributed by atoms with van der Waals surface area (Å²) in [6.07, 6.45) is 0. The molecule has 0 spiro atoms. The van der Waals surface area contributed by atoms with E-state index in [9.17, 15) is 0 Å². The SMILES string of the molecule is COc1ccc(Cl)c(CNC(C)(CN)C(C)C)c1.Cl. The molecule has 1 unspecified atom stereocenters. The van der Waals surface area contributed by atoms with Gasteiger partial charge in [0.15, 0.2) is 0 Å². The van der Waals surface area contributed by atoms with Crippen LogP contribution in [0.1, 0.15) is 26.3 Å². The van der Waals surface area contributed by atoms with Gasteiger partial charge in [0.25, 0.3) is 0 Å². The van der Waals surface area contributed by atoms with E-state index in [1.807, 2.05) is 18.2 Å². The average molecular weight is 307 g/mol. The van der Waals surface area contributed by atoms with Crippen LogP contribution in [-0.2, 0) is 6.54 Å². The fourth-order valence-electron chi connectivity index (χ4n) is 1.62. The van der Waals surface area contributed by atoms with Crippen LogP contribution >= 0.6 is 24.0 Å². The van der Waals surface area contributed by atoms with Crippen LogP contribution in [-0.4, -0.2) is 19.2 Å². The number of nitrogens with one attached hydrogen (secondary N) is 1.